The Labute approximate surface area is 77.1 Å². The van der Waals surface area contributed by atoms with Gasteiger partial charge in [0, 0.05) is 0 Å². The van der Waals surface area contributed by atoms with Gasteiger partial charge in [-0.15, -0.1) is 0 Å². The van der Waals surface area contributed by atoms with Crippen LogP contribution in [-0.4, -0.2) is 6.29 Å². The van der Waals surface area contributed by atoms with Crippen molar-refractivity contribution in [3.63, 3.8) is 0 Å². The third-order valence-electron chi connectivity index (χ3n) is 1.75. The van der Waals surface area contributed by atoms with Crippen molar-refractivity contribution in [1.82, 2.24) is 0 Å². The minimum absolute atomic E-state index is 0.646. The number of carbonyl (C=O) groups is 1. The third-order valence-corrected chi connectivity index (χ3v) is 1.75. The van der Waals surface area contributed by atoms with Crippen molar-refractivity contribution in [2.24, 2.45) is 0 Å². The van der Waals surface area contributed by atoms with E-state index in [1.165, 1.54) is 6.08 Å². The van der Waals surface area contributed by atoms with Crippen LogP contribution in [-0.2, 0) is 4.79 Å². The van der Waals surface area contributed by atoms with Gasteiger partial charge in [0.1, 0.15) is 6.29 Å². The summed E-state index contributed by atoms with van der Waals surface area (Å²) >= 11 is 0. The Kier molecular flexibility index (Phi) is 2.99. The lowest BCUT2D eigenvalue weighted by atomic mass is 10.1. The van der Waals surface area contributed by atoms with E-state index < -0.39 is 0 Å². The second-order valence-electron chi connectivity index (χ2n) is 2.68. The lowest BCUT2D eigenvalue weighted by Crippen LogP contribution is -1.82. The summed E-state index contributed by atoms with van der Waals surface area (Å²) in [5, 5.41) is 8.72. The third kappa shape index (κ3) is 2.28. The second-order valence-corrected chi connectivity index (χ2v) is 2.68. The summed E-state index contributed by atoms with van der Waals surface area (Å²) in [6, 6.07) is 7.58. The van der Waals surface area contributed by atoms with Gasteiger partial charge in [0.2, 0.25) is 0 Å². The molecular formula is C11H9NO. The average Bonchev–Trinajstić information content (AvgIpc) is 2.16. The minimum atomic E-state index is 0.646. The van der Waals surface area contributed by atoms with Crippen LogP contribution in [0.4, 0.5) is 0 Å². The number of aryl methyl sites for hydroxylation is 1. The molecule has 0 radical (unpaired) electrons. The van der Waals surface area contributed by atoms with Crippen molar-refractivity contribution in [1.29, 1.82) is 5.26 Å². The van der Waals surface area contributed by atoms with Gasteiger partial charge in [0.25, 0.3) is 0 Å². The Bertz CT molecular complexity index is 386. The van der Waals surface area contributed by atoms with Crippen LogP contribution in [0.15, 0.2) is 24.3 Å². The van der Waals surface area contributed by atoms with E-state index in [0.717, 1.165) is 11.1 Å². The zero-order chi connectivity index (χ0) is 9.68. The molecule has 0 amide bonds. The molecule has 0 fully saturated rings. The second kappa shape index (κ2) is 4.22. The first-order chi connectivity index (χ1) is 6.27. The summed E-state index contributed by atoms with van der Waals surface area (Å²) in [5.41, 5.74) is 2.47. The molecule has 1 rings (SSSR count). The molecule has 0 N–H and O–H groups in total. The first-order valence-electron chi connectivity index (χ1n) is 3.90. The first-order valence-corrected chi connectivity index (χ1v) is 3.90. The van der Waals surface area contributed by atoms with Gasteiger partial charge in [-0.25, -0.2) is 0 Å². The quantitative estimate of drug-likeness (QED) is 0.505. The number of nitriles is 1. The maximum Gasteiger partial charge on any atom is 0.142 e. The number of aldehydes is 1. The molecule has 0 aliphatic heterocycles. The van der Waals surface area contributed by atoms with E-state index in [2.05, 4.69) is 6.07 Å². The fourth-order valence-electron chi connectivity index (χ4n) is 1.01. The lowest BCUT2D eigenvalue weighted by Gasteiger charge is -1.97. The molecule has 0 unspecified atom stereocenters. The molecule has 0 aromatic heterocycles. The maximum atomic E-state index is 10.0. The molecule has 64 valence electrons. The Balaban J connectivity index is 3.08. The highest BCUT2D eigenvalue weighted by molar-refractivity contribution is 5.74. The number of hydrogen-bond donors (Lipinski definition) is 0. The SMILES string of the molecule is Cc1ccc(C=CC=O)cc1C#N. The molecule has 0 bridgehead atoms. The van der Waals surface area contributed by atoms with Gasteiger partial charge in [-0.3, -0.25) is 4.79 Å². The number of benzene rings is 1. The summed E-state index contributed by atoms with van der Waals surface area (Å²) in [6.45, 7) is 1.88. The molecule has 0 spiro atoms. The molecule has 0 atom stereocenters. The van der Waals surface area contributed by atoms with Gasteiger partial charge in [-0.1, -0.05) is 18.2 Å². The van der Waals surface area contributed by atoms with Crippen molar-refractivity contribution in [3.05, 3.63) is 41.0 Å². The maximum absolute atomic E-state index is 10.0. The topological polar surface area (TPSA) is 40.9 Å². The molecule has 1 aromatic carbocycles. The smallest absolute Gasteiger partial charge is 0.142 e. The van der Waals surface area contributed by atoms with Crippen molar-refractivity contribution in [2.75, 3.05) is 0 Å². The van der Waals surface area contributed by atoms with Gasteiger partial charge in [-0.05, 0) is 30.2 Å². The van der Waals surface area contributed by atoms with Gasteiger partial charge in [-0.2, -0.15) is 5.26 Å². The van der Waals surface area contributed by atoms with Crippen molar-refractivity contribution >= 4 is 12.4 Å². The molecule has 0 heterocycles. The van der Waals surface area contributed by atoms with E-state index in [9.17, 15) is 4.79 Å². The van der Waals surface area contributed by atoms with Crippen LogP contribution >= 0.6 is 0 Å². The van der Waals surface area contributed by atoms with Crippen LogP contribution in [0.3, 0.4) is 0 Å². The van der Waals surface area contributed by atoms with E-state index in [0.29, 0.717) is 11.8 Å². The normalized spacial score (nSPS) is 9.85. The van der Waals surface area contributed by atoms with Crippen LogP contribution in [0.2, 0.25) is 0 Å². The van der Waals surface area contributed by atoms with E-state index >= 15 is 0 Å². The van der Waals surface area contributed by atoms with Crippen LogP contribution in [0, 0.1) is 18.3 Å². The molecule has 0 aliphatic carbocycles. The summed E-state index contributed by atoms with van der Waals surface area (Å²) in [7, 11) is 0. The fraction of sp³-hybridized carbons (Fsp3) is 0.0909. The molecule has 1 aromatic rings. The lowest BCUT2D eigenvalue weighted by molar-refractivity contribution is -0.104. The molecule has 2 nitrogen and oxygen atoms in total. The van der Waals surface area contributed by atoms with Gasteiger partial charge < -0.3 is 0 Å². The molecule has 0 aliphatic rings. The van der Waals surface area contributed by atoms with E-state index in [-0.39, 0.29) is 0 Å². The summed E-state index contributed by atoms with van der Waals surface area (Å²) in [5.74, 6) is 0. The van der Waals surface area contributed by atoms with E-state index in [1.54, 1.807) is 12.1 Å². The van der Waals surface area contributed by atoms with Crippen molar-refractivity contribution < 1.29 is 4.79 Å². The Morgan fingerprint density at radius 3 is 2.85 bits per heavy atom. The minimum Gasteiger partial charge on any atom is -0.299 e. The fourth-order valence-corrected chi connectivity index (χ4v) is 1.01. The highest BCUT2D eigenvalue weighted by Gasteiger charge is 1.96. The van der Waals surface area contributed by atoms with Crippen LogP contribution in [0.5, 0.6) is 0 Å². The molecule has 2 heteroatoms. The molecular weight excluding hydrogens is 162 g/mol. The van der Waals surface area contributed by atoms with Crippen molar-refractivity contribution in [3.8, 4) is 6.07 Å². The number of hydrogen-bond acceptors (Lipinski definition) is 2. The monoisotopic (exact) mass is 171 g/mol. The Morgan fingerprint density at radius 2 is 2.23 bits per heavy atom. The Hall–Kier alpha value is -1.88. The standard InChI is InChI=1S/C11H9NO/c1-9-4-5-10(3-2-6-13)7-11(9)8-12/h2-7H,1H3. The van der Waals surface area contributed by atoms with Crippen LogP contribution in [0.25, 0.3) is 6.08 Å². The molecule has 13 heavy (non-hydrogen) atoms. The van der Waals surface area contributed by atoms with E-state index in [4.69, 9.17) is 5.26 Å². The number of allylic oxidation sites excluding steroid dienone is 1. The largest absolute Gasteiger partial charge is 0.299 e. The zero-order valence-corrected chi connectivity index (χ0v) is 7.32. The van der Waals surface area contributed by atoms with Crippen molar-refractivity contribution in [2.45, 2.75) is 6.92 Å². The number of rotatable bonds is 2. The summed E-state index contributed by atoms with van der Waals surface area (Å²) in [6.07, 6.45) is 3.80. The predicted molar refractivity (Wildman–Crippen MR) is 51.0 cm³/mol. The Morgan fingerprint density at radius 1 is 1.46 bits per heavy atom. The van der Waals surface area contributed by atoms with E-state index in [1.807, 2.05) is 19.1 Å². The average molecular weight is 171 g/mol. The van der Waals surface area contributed by atoms with Gasteiger partial charge in [0.05, 0.1) is 11.6 Å². The molecule has 0 saturated heterocycles. The number of carbonyl (C=O) groups excluding carboxylic acids is 1. The highest BCUT2D eigenvalue weighted by atomic mass is 16.1. The zero-order valence-electron chi connectivity index (χ0n) is 7.32. The number of nitrogens with zero attached hydrogens (tertiary/aromatic N) is 1. The predicted octanol–water partition coefficient (Wildman–Crippen LogP) is 2.08. The highest BCUT2D eigenvalue weighted by Crippen LogP contribution is 2.10. The summed E-state index contributed by atoms with van der Waals surface area (Å²) < 4.78 is 0. The first kappa shape index (κ1) is 9.21. The summed E-state index contributed by atoms with van der Waals surface area (Å²) in [4.78, 5) is 10.0. The van der Waals surface area contributed by atoms with Crippen LogP contribution < -0.4 is 0 Å². The van der Waals surface area contributed by atoms with Crippen LogP contribution in [0.1, 0.15) is 16.7 Å². The van der Waals surface area contributed by atoms with Gasteiger partial charge in [0.15, 0.2) is 0 Å². The molecule has 0 saturated carbocycles. The van der Waals surface area contributed by atoms with Gasteiger partial charge >= 0.3 is 0 Å².